The van der Waals surface area contributed by atoms with Crippen LogP contribution in [0, 0.1) is 6.20 Å². The lowest BCUT2D eigenvalue weighted by Crippen LogP contribution is -1.87. The third-order valence-electron chi connectivity index (χ3n) is 2.37. The summed E-state index contributed by atoms with van der Waals surface area (Å²) < 4.78 is 4.10. The molecular weight excluding hydrogens is 162 g/mol. The summed E-state index contributed by atoms with van der Waals surface area (Å²) in [5.41, 5.74) is 2.37. The SMILES string of the molecule is Cn1c2ccccc2n2c[c]nc12. The fourth-order valence-corrected chi connectivity index (χ4v) is 1.73. The first kappa shape index (κ1) is 6.71. The standard InChI is InChI=1S/C10H8N3/c1-12-8-4-2-3-5-9(8)13-7-6-11-10(12)13/h2-5,7H,1H3. The zero-order chi connectivity index (χ0) is 8.84. The van der Waals surface area contributed by atoms with E-state index in [0.717, 1.165) is 5.78 Å². The fourth-order valence-electron chi connectivity index (χ4n) is 1.73. The number of fused-ring (bicyclic) bond motifs is 3. The zero-order valence-electron chi connectivity index (χ0n) is 7.23. The predicted molar refractivity (Wildman–Crippen MR) is 50.5 cm³/mol. The number of para-hydroxylation sites is 2. The molecule has 13 heavy (non-hydrogen) atoms. The van der Waals surface area contributed by atoms with E-state index in [4.69, 9.17) is 0 Å². The molecule has 0 aliphatic rings. The van der Waals surface area contributed by atoms with E-state index in [9.17, 15) is 0 Å². The lowest BCUT2D eigenvalue weighted by atomic mass is 10.3. The number of nitrogens with zero attached hydrogens (tertiary/aromatic N) is 3. The number of imidazole rings is 2. The summed E-state index contributed by atoms with van der Waals surface area (Å²) >= 11 is 0. The highest BCUT2D eigenvalue weighted by atomic mass is 15.2. The van der Waals surface area contributed by atoms with Gasteiger partial charge in [-0.25, -0.2) is 4.98 Å². The first-order valence-corrected chi connectivity index (χ1v) is 4.16. The maximum absolute atomic E-state index is 4.16. The molecule has 0 spiro atoms. The number of rotatable bonds is 0. The van der Waals surface area contributed by atoms with Crippen LogP contribution in [-0.2, 0) is 7.05 Å². The van der Waals surface area contributed by atoms with Crippen LogP contribution in [0.3, 0.4) is 0 Å². The van der Waals surface area contributed by atoms with E-state index < -0.39 is 0 Å². The monoisotopic (exact) mass is 170 g/mol. The smallest absolute Gasteiger partial charge is 0.215 e. The average Bonchev–Trinajstić information content (AvgIpc) is 2.72. The van der Waals surface area contributed by atoms with Crippen LogP contribution < -0.4 is 0 Å². The summed E-state index contributed by atoms with van der Waals surface area (Å²) in [5.74, 6) is 0.932. The van der Waals surface area contributed by atoms with E-state index in [2.05, 4.69) is 27.9 Å². The van der Waals surface area contributed by atoms with Gasteiger partial charge in [-0.1, -0.05) is 12.1 Å². The summed E-state index contributed by atoms with van der Waals surface area (Å²) in [6.45, 7) is 0. The molecule has 0 atom stereocenters. The number of benzene rings is 1. The predicted octanol–water partition coefficient (Wildman–Crippen LogP) is 1.63. The van der Waals surface area contributed by atoms with Crippen LogP contribution in [0.5, 0.6) is 0 Å². The Morgan fingerprint density at radius 2 is 2.00 bits per heavy atom. The largest absolute Gasteiger partial charge is 0.313 e. The summed E-state index contributed by atoms with van der Waals surface area (Å²) in [5, 5.41) is 0. The van der Waals surface area contributed by atoms with Gasteiger partial charge in [0.2, 0.25) is 5.78 Å². The maximum Gasteiger partial charge on any atom is 0.215 e. The van der Waals surface area contributed by atoms with Crippen LogP contribution in [0.4, 0.5) is 0 Å². The number of aromatic nitrogens is 3. The molecule has 1 radical (unpaired) electrons. The molecule has 0 amide bonds. The van der Waals surface area contributed by atoms with E-state index in [1.165, 1.54) is 11.0 Å². The van der Waals surface area contributed by atoms with Crippen molar-refractivity contribution in [2.75, 3.05) is 0 Å². The van der Waals surface area contributed by atoms with Gasteiger partial charge in [-0.2, -0.15) is 0 Å². The molecule has 3 aromatic rings. The van der Waals surface area contributed by atoms with Crippen LogP contribution in [-0.4, -0.2) is 14.0 Å². The highest BCUT2D eigenvalue weighted by Gasteiger charge is 2.06. The third kappa shape index (κ3) is 0.710. The summed E-state index contributed by atoms with van der Waals surface area (Å²) in [7, 11) is 2.01. The molecular formula is C10H8N3. The fraction of sp³-hybridized carbons (Fsp3) is 0.100. The van der Waals surface area contributed by atoms with Crippen molar-refractivity contribution in [2.24, 2.45) is 7.05 Å². The van der Waals surface area contributed by atoms with Gasteiger partial charge in [-0.15, -0.1) is 0 Å². The molecule has 0 saturated heterocycles. The molecule has 3 heteroatoms. The van der Waals surface area contributed by atoms with Crippen molar-refractivity contribution in [1.82, 2.24) is 14.0 Å². The molecule has 0 aliphatic carbocycles. The Bertz CT molecular complexity index is 574. The topological polar surface area (TPSA) is 22.2 Å². The van der Waals surface area contributed by atoms with Crippen molar-refractivity contribution in [2.45, 2.75) is 0 Å². The van der Waals surface area contributed by atoms with Gasteiger partial charge < -0.3 is 4.57 Å². The minimum absolute atomic E-state index is 0.932. The zero-order valence-corrected chi connectivity index (χ0v) is 7.23. The Kier molecular flexibility index (Phi) is 1.10. The number of hydrogen-bond donors (Lipinski definition) is 0. The lowest BCUT2D eigenvalue weighted by Gasteiger charge is -1.91. The van der Waals surface area contributed by atoms with Gasteiger partial charge in [-0.05, 0) is 12.1 Å². The van der Waals surface area contributed by atoms with Crippen molar-refractivity contribution in [3.63, 3.8) is 0 Å². The van der Waals surface area contributed by atoms with Gasteiger partial charge in [0.25, 0.3) is 0 Å². The molecule has 1 aromatic carbocycles. The van der Waals surface area contributed by atoms with Gasteiger partial charge >= 0.3 is 0 Å². The maximum atomic E-state index is 4.16. The molecule has 2 aromatic heterocycles. The molecule has 0 bridgehead atoms. The van der Waals surface area contributed by atoms with E-state index in [-0.39, 0.29) is 0 Å². The highest BCUT2D eigenvalue weighted by molar-refractivity contribution is 5.80. The minimum Gasteiger partial charge on any atom is -0.313 e. The molecule has 0 unspecified atom stereocenters. The lowest BCUT2D eigenvalue weighted by molar-refractivity contribution is 0.969. The Hall–Kier alpha value is -1.77. The minimum atomic E-state index is 0.932. The van der Waals surface area contributed by atoms with E-state index in [1.54, 1.807) is 0 Å². The summed E-state index contributed by atoms with van der Waals surface area (Å²) in [6.07, 6.45) is 4.70. The first-order valence-electron chi connectivity index (χ1n) is 4.16. The van der Waals surface area contributed by atoms with Crippen LogP contribution in [0.1, 0.15) is 0 Å². The van der Waals surface area contributed by atoms with E-state index in [0.29, 0.717) is 0 Å². The third-order valence-corrected chi connectivity index (χ3v) is 2.37. The average molecular weight is 170 g/mol. The summed E-state index contributed by atoms with van der Waals surface area (Å²) in [6, 6.07) is 8.23. The van der Waals surface area contributed by atoms with Gasteiger partial charge in [0.05, 0.1) is 11.0 Å². The van der Waals surface area contributed by atoms with Crippen molar-refractivity contribution in [1.29, 1.82) is 0 Å². The normalized spacial score (nSPS) is 11.5. The van der Waals surface area contributed by atoms with E-state index >= 15 is 0 Å². The van der Waals surface area contributed by atoms with Gasteiger partial charge in [-0.3, -0.25) is 4.40 Å². The Balaban J connectivity index is 2.72. The van der Waals surface area contributed by atoms with Crippen LogP contribution in [0.15, 0.2) is 30.5 Å². The molecule has 0 saturated carbocycles. The van der Waals surface area contributed by atoms with Gasteiger partial charge in [0, 0.05) is 13.2 Å². The molecule has 2 heterocycles. The Morgan fingerprint density at radius 3 is 2.85 bits per heavy atom. The van der Waals surface area contributed by atoms with Crippen LogP contribution in [0.25, 0.3) is 16.8 Å². The second kappa shape index (κ2) is 2.13. The van der Waals surface area contributed by atoms with Crippen LogP contribution >= 0.6 is 0 Å². The number of aryl methyl sites for hydroxylation is 1. The van der Waals surface area contributed by atoms with E-state index in [1.807, 2.05) is 29.8 Å². The van der Waals surface area contributed by atoms with Crippen LogP contribution in [0.2, 0.25) is 0 Å². The first-order chi connectivity index (χ1) is 6.38. The van der Waals surface area contributed by atoms with Crippen molar-refractivity contribution < 1.29 is 0 Å². The van der Waals surface area contributed by atoms with Crippen molar-refractivity contribution in [3.05, 3.63) is 36.7 Å². The molecule has 0 aliphatic heterocycles. The number of hydrogen-bond acceptors (Lipinski definition) is 1. The molecule has 63 valence electrons. The van der Waals surface area contributed by atoms with Crippen molar-refractivity contribution in [3.8, 4) is 0 Å². The quantitative estimate of drug-likeness (QED) is 0.502. The Morgan fingerprint density at radius 1 is 1.23 bits per heavy atom. The van der Waals surface area contributed by atoms with Crippen molar-refractivity contribution >= 4 is 16.8 Å². The summed E-state index contributed by atoms with van der Waals surface area (Å²) in [4.78, 5) is 4.16. The molecule has 0 N–H and O–H groups in total. The van der Waals surface area contributed by atoms with Gasteiger partial charge in [0.1, 0.15) is 6.20 Å². The second-order valence-electron chi connectivity index (χ2n) is 3.09. The Labute approximate surface area is 75.2 Å². The molecule has 3 rings (SSSR count). The molecule has 3 nitrogen and oxygen atoms in total. The second-order valence-corrected chi connectivity index (χ2v) is 3.09. The molecule has 0 fully saturated rings. The highest BCUT2D eigenvalue weighted by Crippen LogP contribution is 2.17. The van der Waals surface area contributed by atoms with Gasteiger partial charge in [0.15, 0.2) is 0 Å².